The molecule has 3 aromatic rings. The van der Waals surface area contributed by atoms with E-state index in [1.807, 2.05) is 0 Å². The zero-order chi connectivity index (χ0) is 15.7. The number of benzene rings is 2. The second-order valence-electron chi connectivity index (χ2n) is 5.98. The van der Waals surface area contributed by atoms with E-state index < -0.39 is 0 Å². The molecule has 2 aromatic carbocycles. The summed E-state index contributed by atoms with van der Waals surface area (Å²) < 4.78 is 4.42. The van der Waals surface area contributed by atoms with Crippen LogP contribution in [0.5, 0.6) is 0 Å². The van der Waals surface area contributed by atoms with Crippen molar-refractivity contribution >= 4 is 24.6 Å². The molecule has 2 nitrogen and oxygen atoms in total. The Bertz CT molecular complexity index is 818. The maximum Gasteiger partial charge on any atom is 0.239 e. The first kappa shape index (κ1) is 14.9. The van der Waals surface area contributed by atoms with Gasteiger partial charge in [0.05, 0.1) is 6.54 Å². The van der Waals surface area contributed by atoms with Crippen molar-refractivity contribution in [3.8, 4) is 5.69 Å². The van der Waals surface area contributed by atoms with Crippen molar-refractivity contribution in [2.45, 2.75) is 40.2 Å². The molecule has 0 saturated heterocycles. The predicted molar refractivity (Wildman–Crippen MR) is 93.2 cm³/mol. The first-order chi connectivity index (χ1) is 10.6. The summed E-state index contributed by atoms with van der Waals surface area (Å²) in [6.45, 7) is 7.43. The highest BCUT2D eigenvalue weighted by atomic mass is 15.2. The zero-order valence-electron chi connectivity index (χ0n) is 13.6. The third kappa shape index (κ3) is 2.45. The van der Waals surface area contributed by atoms with Gasteiger partial charge in [0.15, 0.2) is 16.8 Å². The molecule has 0 aliphatic heterocycles. The molecule has 0 aliphatic carbocycles. The SMILES string of the molecule is [B]c1n(-c2cc(C)ccc2C)c2ccccc2[n+]1CCCC. The van der Waals surface area contributed by atoms with Crippen molar-refractivity contribution in [3.63, 3.8) is 0 Å². The van der Waals surface area contributed by atoms with Crippen LogP contribution in [0.4, 0.5) is 0 Å². The van der Waals surface area contributed by atoms with Crippen LogP contribution in [-0.4, -0.2) is 12.4 Å². The van der Waals surface area contributed by atoms with E-state index in [-0.39, 0.29) is 0 Å². The summed E-state index contributed by atoms with van der Waals surface area (Å²) in [6, 6.07) is 15.0. The summed E-state index contributed by atoms with van der Waals surface area (Å²) in [6.07, 6.45) is 2.30. The third-order valence-electron chi connectivity index (χ3n) is 4.26. The number of para-hydroxylation sites is 2. The van der Waals surface area contributed by atoms with E-state index in [0.717, 1.165) is 25.1 Å². The lowest BCUT2D eigenvalue weighted by Gasteiger charge is -2.06. The monoisotopic (exact) mass is 289 g/mol. The molecule has 22 heavy (non-hydrogen) atoms. The van der Waals surface area contributed by atoms with E-state index in [1.165, 1.54) is 27.8 Å². The summed E-state index contributed by atoms with van der Waals surface area (Å²) in [7, 11) is 6.53. The van der Waals surface area contributed by atoms with Crippen molar-refractivity contribution in [2.75, 3.05) is 0 Å². The number of fused-ring (bicyclic) bond motifs is 1. The normalized spacial score (nSPS) is 11.2. The Kier molecular flexibility index (Phi) is 4.06. The van der Waals surface area contributed by atoms with Gasteiger partial charge in [-0.25, -0.2) is 9.13 Å². The highest BCUT2D eigenvalue weighted by Gasteiger charge is 2.22. The Labute approximate surface area is 133 Å². The van der Waals surface area contributed by atoms with Gasteiger partial charge in [0, 0.05) is 0 Å². The number of aryl methyl sites for hydroxylation is 3. The molecule has 0 bridgehead atoms. The minimum Gasteiger partial charge on any atom is -0.238 e. The molecule has 2 radical (unpaired) electrons. The van der Waals surface area contributed by atoms with Crippen molar-refractivity contribution in [2.24, 2.45) is 0 Å². The summed E-state index contributed by atoms with van der Waals surface area (Å²) in [4.78, 5) is 0. The van der Waals surface area contributed by atoms with Gasteiger partial charge >= 0.3 is 0 Å². The standard InChI is InChI=1S/C19H22BN2/c1-4-5-12-21-16-8-6-7-9-17(16)22(19(21)20)18-13-14(2)10-11-15(18)3/h6-11,13H,4-5,12H2,1-3H3/q+1. The predicted octanol–water partition coefficient (Wildman–Crippen LogP) is 3.13. The molecular weight excluding hydrogens is 267 g/mol. The molecule has 0 amide bonds. The van der Waals surface area contributed by atoms with Crippen LogP contribution in [0.2, 0.25) is 0 Å². The highest BCUT2D eigenvalue weighted by molar-refractivity contribution is 6.29. The molecule has 0 aliphatic rings. The van der Waals surface area contributed by atoms with Crippen molar-refractivity contribution < 1.29 is 4.57 Å². The minimum absolute atomic E-state index is 0.809. The maximum atomic E-state index is 6.53. The lowest BCUT2D eigenvalue weighted by atomic mass is 10.1. The summed E-state index contributed by atoms with van der Waals surface area (Å²) in [5, 5.41) is 0. The largest absolute Gasteiger partial charge is 0.239 e. The lowest BCUT2D eigenvalue weighted by Crippen LogP contribution is -2.50. The van der Waals surface area contributed by atoms with E-state index in [4.69, 9.17) is 7.85 Å². The topological polar surface area (TPSA) is 8.81 Å². The number of aromatic nitrogens is 2. The molecule has 1 aromatic heterocycles. The lowest BCUT2D eigenvalue weighted by molar-refractivity contribution is -0.654. The van der Waals surface area contributed by atoms with Crippen LogP contribution >= 0.6 is 0 Å². The maximum absolute atomic E-state index is 6.53. The quantitative estimate of drug-likeness (QED) is 0.515. The Balaban J connectivity index is 2.29. The number of nitrogens with zero attached hydrogens (tertiary/aromatic N) is 2. The first-order valence-corrected chi connectivity index (χ1v) is 8.00. The molecule has 3 heteroatoms. The summed E-state index contributed by atoms with van der Waals surface area (Å²) >= 11 is 0. The fourth-order valence-corrected chi connectivity index (χ4v) is 3.01. The molecule has 0 saturated carbocycles. The van der Waals surface area contributed by atoms with E-state index in [0.29, 0.717) is 0 Å². The van der Waals surface area contributed by atoms with Crippen molar-refractivity contribution in [3.05, 3.63) is 53.6 Å². The highest BCUT2D eigenvalue weighted by Crippen LogP contribution is 2.20. The molecule has 1 heterocycles. The molecule has 0 N–H and O–H groups in total. The van der Waals surface area contributed by atoms with Crippen LogP contribution in [0, 0.1) is 13.8 Å². The van der Waals surface area contributed by atoms with E-state index in [2.05, 4.69) is 72.4 Å². The van der Waals surface area contributed by atoms with Gasteiger partial charge in [-0.2, -0.15) is 0 Å². The average Bonchev–Trinajstić information content (AvgIpc) is 2.79. The summed E-state index contributed by atoms with van der Waals surface area (Å²) in [5.41, 5.74) is 6.84. The molecule has 110 valence electrons. The number of hydrogen-bond donors (Lipinski definition) is 0. The van der Waals surface area contributed by atoms with Crippen LogP contribution in [0.15, 0.2) is 42.5 Å². The van der Waals surface area contributed by atoms with E-state index in [9.17, 15) is 0 Å². The Morgan fingerprint density at radius 1 is 1.09 bits per heavy atom. The zero-order valence-corrected chi connectivity index (χ0v) is 13.6. The van der Waals surface area contributed by atoms with Crippen LogP contribution in [0.3, 0.4) is 0 Å². The Morgan fingerprint density at radius 2 is 1.86 bits per heavy atom. The first-order valence-electron chi connectivity index (χ1n) is 8.00. The third-order valence-corrected chi connectivity index (χ3v) is 4.26. The minimum atomic E-state index is 0.809. The van der Waals surface area contributed by atoms with E-state index >= 15 is 0 Å². The molecule has 0 spiro atoms. The van der Waals surface area contributed by atoms with Gasteiger partial charge in [0.2, 0.25) is 7.85 Å². The van der Waals surface area contributed by atoms with E-state index in [1.54, 1.807) is 0 Å². The van der Waals surface area contributed by atoms with Gasteiger partial charge in [0.1, 0.15) is 5.69 Å². The number of imidazole rings is 1. The molecule has 0 unspecified atom stereocenters. The van der Waals surface area contributed by atoms with Gasteiger partial charge in [-0.15, -0.1) is 0 Å². The second kappa shape index (κ2) is 6.00. The average molecular weight is 289 g/mol. The van der Waals surface area contributed by atoms with Crippen LogP contribution in [0.25, 0.3) is 16.7 Å². The summed E-state index contributed by atoms with van der Waals surface area (Å²) in [5.74, 6) is 0. The molecule has 3 rings (SSSR count). The van der Waals surface area contributed by atoms with Crippen LogP contribution in [-0.2, 0) is 6.54 Å². The molecule has 0 fully saturated rings. The fraction of sp³-hybridized carbons (Fsp3) is 0.316. The van der Waals surface area contributed by atoms with Gasteiger partial charge in [0.25, 0.3) is 0 Å². The van der Waals surface area contributed by atoms with Gasteiger partial charge in [-0.3, -0.25) is 0 Å². The van der Waals surface area contributed by atoms with Crippen molar-refractivity contribution in [1.82, 2.24) is 4.57 Å². The number of unbranched alkanes of at least 4 members (excludes halogenated alkanes) is 1. The number of rotatable bonds is 4. The Hall–Kier alpha value is -2.03. The molecular formula is C19H22BN2+. The Morgan fingerprint density at radius 3 is 2.64 bits per heavy atom. The molecule has 0 atom stereocenters. The van der Waals surface area contributed by atoms with Gasteiger partial charge in [-0.05, 0) is 49.6 Å². The fourth-order valence-electron chi connectivity index (χ4n) is 3.01. The smallest absolute Gasteiger partial charge is 0.238 e. The number of hydrogen-bond acceptors (Lipinski definition) is 0. The van der Waals surface area contributed by atoms with Gasteiger partial charge in [-0.1, -0.05) is 37.6 Å². The van der Waals surface area contributed by atoms with Crippen molar-refractivity contribution in [1.29, 1.82) is 0 Å². The van der Waals surface area contributed by atoms with Gasteiger partial charge < -0.3 is 0 Å². The van der Waals surface area contributed by atoms with Crippen LogP contribution < -0.4 is 10.3 Å². The van der Waals surface area contributed by atoms with Crippen LogP contribution in [0.1, 0.15) is 30.9 Å². The second-order valence-corrected chi connectivity index (χ2v) is 5.98.